The molecule has 116 valence electrons. The van der Waals surface area contributed by atoms with E-state index in [9.17, 15) is 13.2 Å². The van der Waals surface area contributed by atoms with E-state index in [1.54, 1.807) is 4.90 Å². The van der Waals surface area contributed by atoms with Gasteiger partial charge < -0.3 is 4.90 Å². The second kappa shape index (κ2) is 5.61. The van der Waals surface area contributed by atoms with Crippen LogP contribution in [0.15, 0.2) is 17.0 Å². The van der Waals surface area contributed by atoms with Crippen LogP contribution in [0.2, 0.25) is 10.0 Å². The van der Waals surface area contributed by atoms with Gasteiger partial charge in [0, 0.05) is 22.8 Å². The van der Waals surface area contributed by atoms with Crippen molar-refractivity contribution in [1.29, 1.82) is 0 Å². The Hall–Kier alpha value is -0.490. The van der Waals surface area contributed by atoms with Crippen LogP contribution in [-0.4, -0.2) is 31.3 Å². The molecular weight excluding hydrogens is 357 g/mol. The van der Waals surface area contributed by atoms with Gasteiger partial charge in [-0.1, -0.05) is 23.2 Å². The lowest BCUT2D eigenvalue weighted by atomic mass is 10.0. The predicted molar refractivity (Wildman–Crippen MR) is 83.9 cm³/mol. The predicted octanol–water partition coefficient (Wildman–Crippen LogP) is 3.94. The Bertz CT molecular complexity index is 701. The maximum atomic E-state index is 12.7. The first-order valence-corrected chi connectivity index (χ1v) is 9.37. The first-order chi connectivity index (χ1) is 9.55. The molecule has 4 nitrogen and oxygen atoms in total. The van der Waals surface area contributed by atoms with Crippen LogP contribution in [0, 0.1) is 0 Å². The summed E-state index contributed by atoms with van der Waals surface area (Å²) >= 11 is 12.1. The van der Waals surface area contributed by atoms with Crippen LogP contribution in [0.4, 0.5) is 0 Å². The molecule has 1 aromatic carbocycles. The molecule has 0 spiro atoms. The van der Waals surface area contributed by atoms with E-state index in [1.165, 1.54) is 12.1 Å². The van der Waals surface area contributed by atoms with Crippen molar-refractivity contribution in [1.82, 2.24) is 4.90 Å². The number of nitrogens with zero attached hydrogens (tertiary/aromatic N) is 1. The zero-order valence-corrected chi connectivity index (χ0v) is 14.6. The summed E-state index contributed by atoms with van der Waals surface area (Å²) < 4.78 is 23.0. The minimum atomic E-state index is -4.05. The van der Waals surface area contributed by atoms with Crippen molar-refractivity contribution in [2.45, 2.75) is 37.1 Å². The fraction of sp³-hybridized carbons (Fsp3) is 0.462. The topological polar surface area (TPSA) is 54.5 Å². The Labute approximate surface area is 138 Å². The Morgan fingerprint density at radius 1 is 1.29 bits per heavy atom. The van der Waals surface area contributed by atoms with Crippen molar-refractivity contribution < 1.29 is 13.2 Å². The summed E-state index contributed by atoms with van der Waals surface area (Å²) in [7, 11) is 1.28. The second-order valence-electron chi connectivity index (χ2n) is 5.55. The summed E-state index contributed by atoms with van der Waals surface area (Å²) in [5.74, 6) is -0.380. The van der Waals surface area contributed by atoms with Crippen molar-refractivity contribution >= 4 is 48.8 Å². The molecule has 0 N–H and O–H groups in total. The van der Waals surface area contributed by atoms with Gasteiger partial charge in [-0.3, -0.25) is 4.79 Å². The van der Waals surface area contributed by atoms with Crippen LogP contribution in [0.3, 0.4) is 0 Å². The number of likely N-dealkylation sites (tertiary alicyclic amines) is 1. The highest BCUT2D eigenvalue weighted by Crippen LogP contribution is 2.37. The Kier molecular flexibility index (Phi) is 4.51. The molecule has 1 aliphatic rings. The highest BCUT2D eigenvalue weighted by Gasteiger charge is 2.38. The largest absolute Gasteiger partial charge is 0.333 e. The SMILES string of the molecule is CC1(C)CCCN1C(=O)c1c(Cl)ccc(S(=O)(=O)Cl)c1Cl. The molecule has 0 unspecified atom stereocenters. The summed E-state index contributed by atoms with van der Waals surface area (Å²) in [6.45, 7) is 4.47. The maximum Gasteiger partial charge on any atom is 0.262 e. The van der Waals surface area contributed by atoms with Gasteiger partial charge in [0.2, 0.25) is 0 Å². The number of carbonyl (C=O) groups excluding carboxylic acids is 1. The van der Waals surface area contributed by atoms with Crippen LogP contribution in [0.25, 0.3) is 0 Å². The van der Waals surface area contributed by atoms with Gasteiger partial charge in [-0.2, -0.15) is 0 Å². The van der Waals surface area contributed by atoms with E-state index in [0.717, 1.165) is 12.8 Å². The highest BCUT2D eigenvalue weighted by atomic mass is 35.7. The molecule has 0 radical (unpaired) electrons. The number of amides is 1. The average Bonchev–Trinajstić information content (AvgIpc) is 2.66. The van der Waals surface area contributed by atoms with Crippen LogP contribution in [-0.2, 0) is 9.05 Å². The number of benzene rings is 1. The fourth-order valence-electron chi connectivity index (χ4n) is 2.54. The van der Waals surface area contributed by atoms with Crippen molar-refractivity contribution in [3.8, 4) is 0 Å². The third-order valence-corrected chi connectivity index (χ3v) is 5.86. The van der Waals surface area contributed by atoms with Gasteiger partial charge in [0.1, 0.15) is 4.90 Å². The Morgan fingerprint density at radius 2 is 1.90 bits per heavy atom. The molecule has 1 heterocycles. The standard InChI is InChI=1S/C13H14Cl3NO3S/c1-13(2)6-3-7-17(13)12(18)10-8(14)4-5-9(11(10)15)21(16,19)20/h4-5H,3,6-7H2,1-2H3. The lowest BCUT2D eigenvalue weighted by Crippen LogP contribution is -2.42. The first-order valence-electron chi connectivity index (χ1n) is 6.30. The van der Waals surface area contributed by atoms with E-state index >= 15 is 0 Å². The summed E-state index contributed by atoms with van der Waals surface area (Å²) in [6, 6.07) is 2.51. The molecule has 0 saturated carbocycles. The Morgan fingerprint density at radius 3 is 2.38 bits per heavy atom. The summed E-state index contributed by atoms with van der Waals surface area (Å²) in [6.07, 6.45) is 1.74. The van der Waals surface area contributed by atoms with Crippen molar-refractivity contribution in [3.63, 3.8) is 0 Å². The molecular formula is C13H14Cl3NO3S. The van der Waals surface area contributed by atoms with Crippen molar-refractivity contribution in [2.24, 2.45) is 0 Å². The van der Waals surface area contributed by atoms with Crippen LogP contribution < -0.4 is 0 Å². The molecule has 1 saturated heterocycles. The fourth-order valence-corrected chi connectivity index (χ4v) is 4.42. The number of rotatable bonds is 2. The third-order valence-electron chi connectivity index (χ3n) is 3.68. The quantitative estimate of drug-likeness (QED) is 0.741. The molecule has 0 aliphatic carbocycles. The lowest BCUT2D eigenvalue weighted by Gasteiger charge is -2.32. The minimum Gasteiger partial charge on any atom is -0.333 e. The number of hydrogen-bond acceptors (Lipinski definition) is 3. The second-order valence-corrected chi connectivity index (χ2v) is 8.86. The zero-order valence-electron chi connectivity index (χ0n) is 11.5. The molecule has 0 aromatic heterocycles. The smallest absolute Gasteiger partial charge is 0.262 e. The van der Waals surface area contributed by atoms with Gasteiger partial charge in [-0.15, -0.1) is 0 Å². The van der Waals surface area contributed by atoms with Gasteiger partial charge in [-0.05, 0) is 38.8 Å². The molecule has 2 rings (SSSR count). The Balaban J connectivity index is 2.57. The van der Waals surface area contributed by atoms with Gasteiger partial charge in [0.25, 0.3) is 15.0 Å². The molecule has 21 heavy (non-hydrogen) atoms. The van der Waals surface area contributed by atoms with E-state index in [0.29, 0.717) is 6.54 Å². The molecule has 0 atom stereocenters. The van der Waals surface area contributed by atoms with Crippen LogP contribution in [0.5, 0.6) is 0 Å². The van der Waals surface area contributed by atoms with E-state index < -0.39 is 9.05 Å². The van der Waals surface area contributed by atoms with Crippen molar-refractivity contribution in [2.75, 3.05) is 6.54 Å². The van der Waals surface area contributed by atoms with E-state index in [-0.39, 0.29) is 32.0 Å². The molecule has 1 aliphatic heterocycles. The van der Waals surface area contributed by atoms with Crippen LogP contribution >= 0.6 is 33.9 Å². The van der Waals surface area contributed by atoms with Gasteiger partial charge in [-0.25, -0.2) is 8.42 Å². The third kappa shape index (κ3) is 3.16. The normalized spacial score (nSPS) is 18.0. The highest BCUT2D eigenvalue weighted by molar-refractivity contribution is 8.13. The zero-order chi connectivity index (χ0) is 16.0. The average molecular weight is 371 g/mol. The number of halogens is 3. The van der Waals surface area contributed by atoms with E-state index in [2.05, 4.69) is 0 Å². The van der Waals surface area contributed by atoms with Gasteiger partial charge in [0.15, 0.2) is 0 Å². The first kappa shape index (κ1) is 16.9. The van der Waals surface area contributed by atoms with E-state index in [1.807, 2.05) is 13.8 Å². The van der Waals surface area contributed by atoms with Crippen molar-refractivity contribution in [3.05, 3.63) is 27.7 Å². The van der Waals surface area contributed by atoms with Crippen LogP contribution in [0.1, 0.15) is 37.0 Å². The summed E-state index contributed by atoms with van der Waals surface area (Å²) in [5, 5.41) is -0.123. The number of hydrogen-bond donors (Lipinski definition) is 0. The van der Waals surface area contributed by atoms with Gasteiger partial charge in [0.05, 0.1) is 15.6 Å². The molecule has 1 aromatic rings. The monoisotopic (exact) mass is 369 g/mol. The summed E-state index contributed by atoms with van der Waals surface area (Å²) in [5.41, 5.74) is -0.338. The lowest BCUT2D eigenvalue weighted by molar-refractivity contribution is 0.0652. The van der Waals surface area contributed by atoms with Gasteiger partial charge >= 0.3 is 0 Å². The molecule has 1 fully saturated rings. The summed E-state index contributed by atoms with van der Waals surface area (Å²) in [4.78, 5) is 14.1. The maximum absolute atomic E-state index is 12.7. The molecule has 1 amide bonds. The number of carbonyl (C=O) groups is 1. The molecule has 0 bridgehead atoms. The minimum absolute atomic E-state index is 0.0185. The van der Waals surface area contributed by atoms with E-state index in [4.69, 9.17) is 33.9 Å². The molecule has 8 heteroatoms.